The van der Waals surface area contributed by atoms with Crippen molar-refractivity contribution in [1.29, 1.82) is 5.26 Å². The van der Waals surface area contributed by atoms with Crippen molar-refractivity contribution in [3.05, 3.63) is 28.8 Å². The summed E-state index contributed by atoms with van der Waals surface area (Å²) in [6.07, 6.45) is 0. The molecular weight excluding hydrogens is 236 g/mol. The summed E-state index contributed by atoms with van der Waals surface area (Å²) < 4.78 is 5.11. The number of ether oxygens (including phenoxy) is 1. The summed E-state index contributed by atoms with van der Waals surface area (Å²) in [6.45, 7) is 2.02. The van der Waals surface area contributed by atoms with Crippen LogP contribution in [0.5, 0.6) is 5.75 Å². The fourth-order valence-corrected chi connectivity index (χ4v) is 2.09. The highest BCUT2D eigenvalue weighted by Crippen LogP contribution is 2.30. The van der Waals surface area contributed by atoms with Crippen LogP contribution in [-0.2, 0) is 0 Å². The highest BCUT2D eigenvalue weighted by Gasteiger charge is 2.21. The second-order valence-electron chi connectivity index (χ2n) is 4.22. The van der Waals surface area contributed by atoms with Crippen LogP contribution in [0.4, 0.5) is 0 Å². The van der Waals surface area contributed by atoms with Crippen LogP contribution in [-0.4, -0.2) is 32.1 Å². The Labute approximate surface area is 108 Å². The molecule has 0 saturated heterocycles. The largest absolute Gasteiger partial charge is 0.495 e. The van der Waals surface area contributed by atoms with Crippen molar-refractivity contribution in [3.63, 3.8) is 0 Å². The number of nitriles is 1. The molecule has 0 saturated carbocycles. The van der Waals surface area contributed by atoms with Gasteiger partial charge in [0.15, 0.2) is 0 Å². The van der Waals surface area contributed by atoms with Gasteiger partial charge in [-0.2, -0.15) is 5.26 Å². The van der Waals surface area contributed by atoms with Crippen LogP contribution in [0.1, 0.15) is 18.4 Å². The van der Waals surface area contributed by atoms with E-state index in [1.165, 1.54) is 0 Å². The van der Waals surface area contributed by atoms with Gasteiger partial charge in [-0.3, -0.25) is 4.90 Å². The molecule has 0 aromatic heterocycles. The van der Waals surface area contributed by atoms with Gasteiger partial charge in [0, 0.05) is 5.92 Å². The van der Waals surface area contributed by atoms with E-state index >= 15 is 0 Å². The Hall–Kier alpha value is -1.24. The summed E-state index contributed by atoms with van der Waals surface area (Å²) in [5.74, 6) is 0.749. The minimum Gasteiger partial charge on any atom is -0.495 e. The molecule has 2 atom stereocenters. The lowest BCUT2D eigenvalue weighted by atomic mass is 9.93. The Balaban J connectivity index is 3.01. The van der Waals surface area contributed by atoms with Gasteiger partial charge in [0.25, 0.3) is 0 Å². The van der Waals surface area contributed by atoms with Gasteiger partial charge in [0.1, 0.15) is 11.8 Å². The zero-order valence-electron chi connectivity index (χ0n) is 10.6. The van der Waals surface area contributed by atoms with Crippen molar-refractivity contribution >= 4 is 11.6 Å². The summed E-state index contributed by atoms with van der Waals surface area (Å²) in [7, 11) is 5.38. The molecule has 0 aliphatic heterocycles. The predicted molar refractivity (Wildman–Crippen MR) is 69.5 cm³/mol. The standard InChI is InChI=1S/C13H17ClN2O/c1-9(12(8-15)16(2)3)10-5-6-13(17-4)11(14)7-10/h5-7,9,12H,1-4H3. The Kier molecular flexibility index (Phi) is 4.80. The molecule has 3 nitrogen and oxygen atoms in total. The number of methoxy groups -OCH3 is 1. The average molecular weight is 253 g/mol. The van der Waals surface area contributed by atoms with E-state index in [0.717, 1.165) is 5.56 Å². The van der Waals surface area contributed by atoms with E-state index in [1.54, 1.807) is 7.11 Å². The number of nitrogens with zero attached hydrogens (tertiary/aromatic N) is 2. The number of hydrogen-bond donors (Lipinski definition) is 0. The molecule has 0 spiro atoms. The Morgan fingerprint density at radius 2 is 2.06 bits per heavy atom. The minimum absolute atomic E-state index is 0.0957. The van der Waals surface area contributed by atoms with Gasteiger partial charge in [-0.05, 0) is 31.8 Å². The first-order chi connectivity index (χ1) is 8.01. The summed E-state index contributed by atoms with van der Waals surface area (Å²) in [5.41, 5.74) is 1.04. The van der Waals surface area contributed by atoms with Gasteiger partial charge in [-0.1, -0.05) is 24.6 Å². The van der Waals surface area contributed by atoms with Gasteiger partial charge in [0.2, 0.25) is 0 Å². The van der Waals surface area contributed by atoms with Gasteiger partial charge in [-0.15, -0.1) is 0 Å². The fourth-order valence-electron chi connectivity index (χ4n) is 1.82. The maximum absolute atomic E-state index is 9.15. The second-order valence-corrected chi connectivity index (χ2v) is 4.63. The van der Waals surface area contributed by atoms with E-state index in [9.17, 15) is 0 Å². The molecule has 0 bridgehead atoms. The first-order valence-electron chi connectivity index (χ1n) is 5.40. The summed E-state index contributed by atoms with van der Waals surface area (Å²) >= 11 is 6.08. The SMILES string of the molecule is COc1ccc(C(C)C(C#N)N(C)C)cc1Cl. The zero-order valence-corrected chi connectivity index (χ0v) is 11.3. The molecule has 92 valence electrons. The van der Waals surface area contributed by atoms with Gasteiger partial charge < -0.3 is 4.74 Å². The zero-order chi connectivity index (χ0) is 13.0. The third-order valence-corrected chi connectivity index (χ3v) is 3.16. The van der Waals surface area contributed by atoms with Crippen LogP contribution < -0.4 is 4.74 Å². The van der Waals surface area contributed by atoms with Gasteiger partial charge in [-0.25, -0.2) is 0 Å². The van der Waals surface area contributed by atoms with Crippen LogP contribution >= 0.6 is 11.6 Å². The lowest BCUT2D eigenvalue weighted by Gasteiger charge is -2.24. The summed E-state index contributed by atoms with van der Waals surface area (Å²) in [4.78, 5) is 1.91. The fraction of sp³-hybridized carbons (Fsp3) is 0.462. The highest BCUT2D eigenvalue weighted by molar-refractivity contribution is 6.32. The Morgan fingerprint density at radius 1 is 1.41 bits per heavy atom. The van der Waals surface area contributed by atoms with Gasteiger partial charge >= 0.3 is 0 Å². The van der Waals surface area contributed by atoms with Crippen molar-refractivity contribution in [2.24, 2.45) is 0 Å². The molecule has 0 amide bonds. The Morgan fingerprint density at radius 3 is 2.47 bits per heavy atom. The molecule has 0 aliphatic carbocycles. The number of halogens is 1. The average Bonchev–Trinajstić information content (AvgIpc) is 2.29. The van der Waals surface area contributed by atoms with E-state index in [2.05, 4.69) is 6.07 Å². The number of rotatable bonds is 4. The molecule has 17 heavy (non-hydrogen) atoms. The lowest BCUT2D eigenvalue weighted by molar-refractivity contribution is 0.316. The molecule has 0 aliphatic rings. The quantitative estimate of drug-likeness (QED) is 0.827. The molecule has 1 aromatic rings. The van der Waals surface area contributed by atoms with E-state index in [4.69, 9.17) is 21.6 Å². The normalized spacial score (nSPS) is 14.2. The number of benzene rings is 1. The van der Waals surface area contributed by atoms with Crippen LogP contribution in [0.3, 0.4) is 0 Å². The van der Waals surface area contributed by atoms with E-state index in [0.29, 0.717) is 10.8 Å². The molecule has 0 N–H and O–H groups in total. The first-order valence-corrected chi connectivity index (χ1v) is 5.78. The molecule has 0 radical (unpaired) electrons. The van der Waals surface area contributed by atoms with Crippen molar-refractivity contribution < 1.29 is 4.74 Å². The summed E-state index contributed by atoms with van der Waals surface area (Å²) in [6, 6.07) is 7.77. The topological polar surface area (TPSA) is 36.3 Å². The monoisotopic (exact) mass is 252 g/mol. The maximum atomic E-state index is 9.15. The molecule has 0 heterocycles. The van der Waals surface area contributed by atoms with Crippen LogP contribution in [0.15, 0.2) is 18.2 Å². The van der Waals surface area contributed by atoms with Crippen molar-refractivity contribution in [2.75, 3.05) is 21.2 Å². The second kappa shape index (κ2) is 5.90. The minimum atomic E-state index is -0.167. The highest BCUT2D eigenvalue weighted by atomic mass is 35.5. The van der Waals surface area contributed by atoms with Crippen molar-refractivity contribution in [2.45, 2.75) is 18.9 Å². The van der Waals surface area contributed by atoms with Crippen LogP contribution in [0.25, 0.3) is 0 Å². The van der Waals surface area contributed by atoms with Crippen LogP contribution in [0, 0.1) is 11.3 Å². The molecule has 1 rings (SSSR count). The first kappa shape index (κ1) is 13.8. The predicted octanol–water partition coefficient (Wildman–Crippen LogP) is 2.91. The smallest absolute Gasteiger partial charge is 0.137 e. The van der Waals surface area contributed by atoms with E-state index in [1.807, 2.05) is 44.1 Å². The maximum Gasteiger partial charge on any atom is 0.137 e. The molecule has 0 fully saturated rings. The van der Waals surface area contributed by atoms with Crippen molar-refractivity contribution in [1.82, 2.24) is 4.90 Å². The third kappa shape index (κ3) is 3.12. The van der Waals surface area contributed by atoms with E-state index in [-0.39, 0.29) is 12.0 Å². The summed E-state index contributed by atoms with van der Waals surface area (Å²) in [5, 5.41) is 9.73. The number of likely N-dealkylation sites (N-methyl/N-ethyl adjacent to an activating group) is 1. The third-order valence-electron chi connectivity index (χ3n) is 2.86. The molecule has 1 aromatic carbocycles. The van der Waals surface area contributed by atoms with E-state index < -0.39 is 0 Å². The van der Waals surface area contributed by atoms with Crippen LogP contribution in [0.2, 0.25) is 5.02 Å². The Bertz CT molecular complexity index is 426. The molecule has 2 unspecified atom stereocenters. The molecule has 4 heteroatoms. The number of hydrogen-bond acceptors (Lipinski definition) is 3. The lowest BCUT2D eigenvalue weighted by Crippen LogP contribution is -2.31. The van der Waals surface area contributed by atoms with Gasteiger partial charge in [0.05, 0.1) is 18.2 Å². The van der Waals surface area contributed by atoms with Crippen molar-refractivity contribution in [3.8, 4) is 11.8 Å². The molecular formula is C13H17ClN2O.